The number of carbonyl (C=O) groups is 2. The number of nitrogens with zero attached hydrogens (tertiary/aromatic N) is 2. The first-order valence-corrected chi connectivity index (χ1v) is 6.97. The van der Waals surface area contributed by atoms with Gasteiger partial charge in [-0.15, -0.1) is 0 Å². The minimum Gasteiger partial charge on any atom is -0.464 e. The molecule has 0 saturated carbocycles. The van der Waals surface area contributed by atoms with Gasteiger partial charge in [-0.3, -0.25) is 4.79 Å². The summed E-state index contributed by atoms with van der Waals surface area (Å²) in [5.74, 6) is -0.576. The number of hydrogen-bond donors (Lipinski definition) is 0. The number of carbonyl (C=O) groups excluding carboxylic acids is 2. The number of likely N-dealkylation sites (tertiary alicyclic amines) is 1. The summed E-state index contributed by atoms with van der Waals surface area (Å²) in [4.78, 5) is 30.1. The summed E-state index contributed by atoms with van der Waals surface area (Å²) in [6, 6.07) is 3.10. The van der Waals surface area contributed by atoms with Gasteiger partial charge in [-0.25, -0.2) is 9.78 Å². The molecule has 1 aromatic heterocycles. The molecule has 0 N–H and O–H groups in total. The van der Waals surface area contributed by atoms with Gasteiger partial charge in [0.15, 0.2) is 0 Å². The van der Waals surface area contributed by atoms with Gasteiger partial charge >= 0.3 is 5.97 Å². The summed E-state index contributed by atoms with van der Waals surface area (Å²) < 4.78 is 5.10. The first-order valence-electron chi connectivity index (χ1n) is 6.60. The maximum absolute atomic E-state index is 12.6. The molecule has 20 heavy (non-hydrogen) atoms. The first-order chi connectivity index (χ1) is 9.49. The Hall–Kier alpha value is -1.62. The second-order valence-electron chi connectivity index (χ2n) is 4.92. The van der Waals surface area contributed by atoms with Crippen molar-refractivity contribution in [2.45, 2.75) is 32.2 Å². The molecule has 1 saturated heterocycles. The van der Waals surface area contributed by atoms with Gasteiger partial charge in [0, 0.05) is 18.3 Å². The molecule has 1 aliphatic heterocycles. The van der Waals surface area contributed by atoms with Crippen molar-refractivity contribution in [2.24, 2.45) is 0 Å². The Balaban J connectivity index is 2.26. The van der Waals surface area contributed by atoms with Crippen LogP contribution in [0.15, 0.2) is 18.3 Å². The van der Waals surface area contributed by atoms with Crippen LogP contribution >= 0.6 is 11.6 Å². The van der Waals surface area contributed by atoms with Gasteiger partial charge in [-0.2, -0.15) is 0 Å². The summed E-state index contributed by atoms with van der Waals surface area (Å²) >= 11 is 5.81. The van der Waals surface area contributed by atoms with E-state index in [1.807, 2.05) is 0 Å². The standard InChI is InChI=1S/C14H17ClN2O3/c1-3-20-13(19)14(2)6-4-8-17(14)12(18)10-5-7-16-11(15)9-10/h5,7,9H,3-4,6,8H2,1-2H3. The van der Waals surface area contributed by atoms with Crippen LogP contribution < -0.4 is 0 Å². The van der Waals surface area contributed by atoms with Crippen molar-refractivity contribution in [3.63, 3.8) is 0 Å². The largest absolute Gasteiger partial charge is 0.464 e. The number of hydrogen-bond acceptors (Lipinski definition) is 4. The Morgan fingerprint density at radius 2 is 2.30 bits per heavy atom. The van der Waals surface area contributed by atoms with Gasteiger partial charge in [0.25, 0.3) is 5.91 Å². The number of pyridine rings is 1. The zero-order valence-corrected chi connectivity index (χ0v) is 12.3. The maximum atomic E-state index is 12.6. The highest BCUT2D eigenvalue weighted by Crippen LogP contribution is 2.32. The Kier molecular flexibility index (Phi) is 4.28. The molecule has 1 atom stereocenters. The zero-order chi connectivity index (χ0) is 14.8. The van der Waals surface area contributed by atoms with Gasteiger partial charge in [0.2, 0.25) is 0 Å². The highest BCUT2D eigenvalue weighted by atomic mass is 35.5. The molecule has 1 unspecified atom stereocenters. The van der Waals surface area contributed by atoms with E-state index in [1.165, 1.54) is 12.3 Å². The Labute approximate surface area is 122 Å². The average molecular weight is 297 g/mol. The summed E-state index contributed by atoms with van der Waals surface area (Å²) in [6.45, 7) is 4.34. The van der Waals surface area contributed by atoms with E-state index in [2.05, 4.69) is 4.98 Å². The van der Waals surface area contributed by atoms with Crippen molar-refractivity contribution < 1.29 is 14.3 Å². The lowest BCUT2D eigenvalue weighted by Gasteiger charge is -2.32. The lowest BCUT2D eigenvalue weighted by Crippen LogP contribution is -2.51. The molecule has 0 aromatic carbocycles. The molecule has 108 valence electrons. The normalized spacial score (nSPS) is 21.9. The van der Waals surface area contributed by atoms with Crippen molar-refractivity contribution in [3.8, 4) is 0 Å². The monoisotopic (exact) mass is 296 g/mol. The number of amides is 1. The molecule has 2 heterocycles. The Morgan fingerprint density at radius 3 is 2.95 bits per heavy atom. The lowest BCUT2D eigenvalue weighted by atomic mass is 9.98. The van der Waals surface area contributed by atoms with Crippen LogP contribution in [0.1, 0.15) is 37.0 Å². The summed E-state index contributed by atoms with van der Waals surface area (Å²) in [5, 5.41) is 0.257. The average Bonchev–Trinajstić information content (AvgIpc) is 2.81. The van der Waals surface area contributed by atoms with Crippen molar-refractivity contribution in [1.29, 1.82) is 0 Å². The van der Waals surface area contributed by atoms with Gasteiger partial charge in [0.1, 0.15) is 10.7 Å². The SMILES string of the molecule is CCOC(=O)C1(C)CCCN1C(=O)c1ccnc(Cl)c1. The van der Waals surface area contributed by atoms with Crippen LogP contribution in [0.3, 0.4) is 0 Å². The highest BCUT2D eigenvalue weighted by molar-refractivity contribution is 6.29. The van der Waals surface area contributed by atoms with Crippen LogP contribution in [0, 0.1) is 0 Å². The third-order valence-electron chi connectivity index (χ3n) is 3.57. The van der Waals surface area contributed by atoms with Crippen LogP contribution in [0.2, 0.25) is 5.15 Å². The molecule has 1 fully saturated rings. The molecule has 1 aromatic rings. The van der Waals surface area contributed by atoms with E-state index in [1.54, 1.807) is 24.8 Å². The van der Waals surface area contributed by atoms with Crippen molar-refractivity contribution in [1.82, 2.24) is 9.88 Å². The van der Waals surface area contributed by atoms with Gasteiger partial charge < -0.3 is 9.64 Å². The molecule has 1 amide bonds. The number of rotatable bonds is 3. The summed E-state index contributed by atoms with van der Waals surface area (Å²) in [7, 11) is 0. The lowest BCUT2D eigenvalue weighted by molar-refractivity contribution is -0.153. The smallest absolute Gasteiger partial charge is 0.331 e. The first kappa shape index (κ1) is 14.8. The van der Waals surface area contributed by atoms with Crippen LogP contribution in [-0.2, 0) is 9.53 Å². The molecule has 0 bridgehead atoms. The van der Waals surface area contributed by atoms with Gasteiger partial charge in [-0.1, -0.05) is 11.6 Å². The fourth-order valence-corrected chi connectivity index (χ4v) is 2.65. The van der Waals surface area contributed by atoms with E-state index < -0.39 is 5.54 Å². The second-order valence-corrected chi connectivity index (χ2v) is 5.31. The minimum atomic E-state index is -0.900. The third kappa shape index (κ3) is 2.63. The number of esters is 1. The van der Waals surface area contributed by atoms with E-state index >= 15 is 0 Å². The van der Waals surface area contributed by atoms with E-state index in [-0.39, 0.29) is 17.0 Å². The molecule has 0 spiro atoms. The molecule has 2 rings (SSSR count). The summed E-state index contributed by atoms with van der Waals surface area (Å²) in [5.41, 5.74) is -0.467. The van der Waals surface area contributed by atoms with Crippen LogP contribution in [-0.4, -0.2) is 40.5 Å². The predicted molar refractivity (Wildman–Crippen MR) is 74.6 cm³/mol. The molecular weight excluding hydrogens is 280 g/mol. The van der Waals surface area contributed by atoms with Gasteiger partial charge in [-0.05, 0) is 38.8 Å². The summed E-state index contributed by atoms with van der Waals surface area (Å²) in [6.07, 6.45) is 2.86. The minimum absolute atomic E-state index is 0.220. The number of aromatic nitrogens is 1. The quantitative estimate of drug-likeness (QED) is 0.634. The zero-order valence-electron chi connectivity index (χ0n) is 11.6. The second kappa shape index (κ2) is 5.79. The molecule has 5 nitrogen and oxygen atoms in total. The van der Waals surface area contributed by atoms with Crippen LogP contribution in [0.4, 0.5) is 0 Å². The number of halogens is 1. The van der Waals surface area contributed by atoms with E-state index in [0.29, 0.717) is 25.1 Å². The van der Waals surface area contributed by atoms with Gasteiger partial charge in [0.05, 0.1) is 6.61 Å². The third-order valence-corrected chi connectivity index (χ3v) is 3.78. The van der Waals surface area contributed by atoms with E-state index in [0.717, 1.165) is 6.42 Å². The van der Waals surface area contributed by atoms with Crippen molar-refractivity contribution >= 4 is 23.5 Å². The fraction of sp³-hybridized carbons (Fsp3) is 0.500. The molecule has 0 radical (unpaired) electrons. The molecule has 1 aliphatic rings. The maximum Gasteiger partial charge on any atom is 0.331 e. The van der Waals surface area contributed by atoms with E-state index in [9.17, 15) is 9.59 Å². The molecule has 0 aliphatic carbocycles. The van der Waals surface area contributed by atoms with Crippen LogP contribution in [0.25, 0.3) is 0 Å². The van der Waals surface area contributed by atoms with E-state index in [4.69, 9.17) is 16.3 Å². The molecular formula is C14H17ClN2O3. The molecule has 6 heteroatoms. The topological polar surface area (TPSA) is 59.5 Å². The fourth-order valence-electron chi connectivity index (χ4n) is 2.48. The number of ether oxygens (including phenoxy) is 1. The highest BCUT2D eigenvalue weighted by Gasteiger charge is 2.47. The predicted octanol–water partition coefficient (Wildman–Crippen LogP) is 2.29. The Bertz CT molecular complexity index is 535. The van der Waals surface area contributed by atoms with Crippen molar-refractivity contribution in [3.05, 3.63) is 29.0 Å². The Morgan fingerprint density at radius 1 is 1.55 bits per heavy atom. The van der Waals surface area contributed by atoms with Crippen LogP contribution in [0.5, 0.6) is 0 Å². The van der Waals surface area contributed by atoms with Crippen molar-refractivity contribution in [2.75, 3.05) is 13.2 Å².